The molecule has 21 heavy (non-hydrogen) atoms. The Morgan fingerprint density at radius 1 is 1.38 bits per heavy atom. The highest BCUT2D eigenvalue weighted by atomic mass is 32.1. The van der Waals surface area contributed by atoms with Crippen LogP contribution in [0.5, 0.6) is 5.75 Å². The van der Waals surface area contributed by atoms with Gasteiger partial charge in [0.25, 0.3) is 0 Å². The summed E-state index contributed by atoms with van der Waals surface area (Å²) in [7, 11) is 1.63. The number of nitrogens with two attached hydrogens (primary N) is 1. The van der Waals surface area contributed by atoms with Crippen molar-refractivity contribution in [3.63, 3.8) is 0 Å². The van der Waals surface area contributed by atoms with Gasteiger partial charge in [-0.15, -0.1) is 11.3 Å². The molecule has 2 bridgehead atoms. The van der Waals surface area contributed by atoms with E-state index in [-0.39, 0.29) is 5.78 Å². The van der Waals surface area contributed by atoms with Crippen LogP contribution in [0.2, 0.25) is 0 Å². The van der Waals surface area contributed by atoms with Crippen molar-refractivity contribution in [2.75, 3.05) is 18.2 Å². The van der Waals surface area contributed by atoms with Gasteiger partial charge in [-0.1, -0.05) is 6.92 Å². The van der Waals surface area contributed by atoms with E-state index in [4.69, 9.17) is 10.5 Å². The second-order valence-corrected chi connectivity index (χ2v) is 7.66. The Bertz CT molecular complexity index is 581. The number of nitrogen functional groups attached to an aromatic ring is 1. The molecule has 0 saturated heterocycles. The minimum Gasteiger partial charge on any atom is -0.492 e. The average Bonchev–Trinajstić information content (AvgIpc) is 2.82. The Morgan fingerprint density at radius 2 is 2.05 bits per heavy atom. The van der Waals surface area contributed by atoms with Gasteiger partial charge in [-0.3, -0.25) is 4.79 Å². The monoisotopic (exact) mass is 306 g/mol. The molecule has 1 aromatic rings. The number of hydrogen-bond donors (Lipinski definition) is 2. The van der Waals surface area contributed by atoms with Crippen molar-refractivity contribution in [3.05, 3.63) is 4.88 Å². The minimum atomic E-state index is 0.0971. The molecular weight excluding hydrogens is 284 g/mol. The maximum atomic E-state index is 12.0. The van der Waals surface area contributed by atoms with E-state index >= 15 is 0 Å². The molecule has 0 spiro atoms. The smallest absolute Gasteiger partial charge is 0.176 e. The fourth-order valence-electron chi connectivity index (χ4n) is 4.76. The van der Waals surface area contributed by atoms with Crippen LogP contribution in [0.15, 0.2) is 0 Å². The number of hydrogen-bond acceptors (Lipinski definition) is 5. The molecule has 3 fully saturated rings. The van der Waals surface area contributed by atoms with Crippen molar-refractivity contribution in [2.24, 2.45) is 23.7 Å². The van der Waals surface area contributed by atoms with Crippen molar-refractivity contribution in [1.82, 2.24) is 0 Å². The third-order valence-electron chi connectivity index (χ3n) is 5.71. The number of thiophene rings is 1. The van der Waals surface area contributed by atoms with E-state index in [1.54, 1.807) is 7.11 Å². The summed E-state index contributed by atoms with van der Waals surface area (Å²) < 4.78 is 5.44. The van der Waals surface area contributed by atoms with Gasteiger partial charge in [-0.2, -0.15) is 0 Å². The van der Waals surface area contributed by atoms with E-state index in [0.717, 1.165) is 28.7 Å². The fraction of sp³-hybridized carbons (Fsp3) is 0.688. The number of methoxy groups -OCH3 is 1. The number of nitrogens with one attached hydrogen (secondary N) is 1. The van der Waals surface area contributed by atoms with Gasteiger partial charge in [0.15, 0.2) is 11.5 Å². The number of ether oxygens (including phenoxy) is 1. The summed E-state index contributed by atoms with van der Waals surface area (Å²) >= 11 is 1.46. The molecular formula is C16H22N2O2S. The lowest BCUT2D eigenvalue weighted by Crippen LogP contribution is -2.12. The van der Waals surface area contributed by atoms with E-state index in [0.29, 0.717) is 28.8 Å². The van der Waals surface area contributed by atoms with Crippen LogP contribution in [0.4, 0.5) is 10.7 Å². The quantitative estimate of drug-likeness (QED) is 0.819. The number of carbonyl (C=O) groups excluding carboxylic acids is 1. The molecule has 0 aliphatic heterocycles. The second kappa shape index (κ2) is 4.63. The maximum absolute atomic E-state index is 12.0. The molecule has 114 valence electrons. The van der Waals surface area contributed by atoms with Gasteiger partial charge in [0.05, 0.1) is 17.7 Å². The Hall–Kier alpha value is -1.23. The van der Waals surface area contributed by atoms with Gasteiger partial charge in [0, 0.05) is 12.5 Å². The zero-order valence-corrected chi connectivity index (χ0v) is 13.3. The second-order valence-electron chi connectivity index (χ2n) is 6.64. The summed E-state index contributed by atoms with van der Waals surface area (Å²) in [5.41, 5.74) is 6.60. The van der Waals surface area contributed by atoms with Crippen LogP contribution in [0.3, 0.4) is 0 Å². The molecule has 0 radical (unpaired) electrons. The first kappa shape index (κ1) is 13.4. The van der Waals surface area contributed by atoms with E-state index in [1.165, 1.54) is 30.6 Å². The Kier molecular flexibility index (Phi) is 2.96. The van der Waals surface area contributed by atoms with Crippen molar-refractivity contribution in [3.8, 4) is 5.75 Å². The van der Waals surface area contributed by atoms with Crippen LogP contribution in [-0.4, -0.2) is 18.9 Å². The molecule has 3 N–H and O–H groups in total. The first-order valence-electron chi connectivity index (χ1n) is 7.91. The number of ketones is 1. The number of anilines is 2. The first-order chi connectivity index (χ1) is 10.2. The highest BCUT2D eigenvalue weighted by molar-refractivity contribution is 7.19. The van der Waals surface area contributed by atoms with Crippen LogP contribution in [0.1, 0.15) is 42.3 Å². The van der Waals surface area contributed by atoms with Gasteiger partial charge in [0.2, 0.25) is 0 Å². The summed E-state index contributed by atoms with van der Waals surface area (Å²) in [6.07, 6.45) is 4.74. The normalized spacial score (nSPS) is 35.6. The summed E-state index contributed by atoms with van der Waals surface area (Å²) in [4.78, 5) is 12.6. The van der Waals surface area contributed by atoms with Crippen molar-refractivity contribution < 1.29 is 9.53 Å². The molecule has 1 heterocycles. The minimum absolute atomic E-state index is 0.0971. The fourth-order valence-corrected chi connectivity index (χ4v) is 5.91. The lowest BCUT2D eigenvalue weighted by atomic mass is 10.0. The van der Waals surface area contributed by atoms with Crippen molar-refractivity contribution >= 4 is 27.8 Å². The summed E-state index contributed by atoms with van der Waals surface area (Å²) in [6, 6.07) is 0.577. The van der Waals surface area contributed by atoms with Crippen LogP contribution in [0.25, 0.3) is 0 Å². The molecule has 5 heteroatoms. The zero-order valence-electron chi connectivity index (χ0n) is 12.5. The van der Waals surface area contributed by atoms with E-state index < -0.39 is 0 Å². The lowest BCUT2D eigenvalue weighted by Gasteiger charge is -2.11. The van der Waals surface area contributed by atoms with Crippen molar-refractivity contribution in [2.45, 2.75) is 38.6 Å². The van der Waals surface area contributed by atoms with Crippen LogP contribution < -0.4 is 15.8 Å². The van der Waals surface area contributed by atoms with Crippen LogP contribution in [0, 0.1) is 23.7 Å². The molecule has 4 atom stereocenters. The number of Topliss-reactive ketones (excluding diaryl/α,β-unsaturated/α-hetero) is 1. The van der Waals surface area contributed by atoms with Crippen LogP contribution >= 0.6 is 11.3 Å². The average molecular weight is 306 g/mol. The van der Waals surface area contributed by atoms with E-state index in [9.17, 15) is 4.79 Å². The Labute approximate surface area is 129 Å². The molecule has 4 rings (SSSR count). The third kappa shape index (κ3) is 1.83. The highest BCUT2D eigenvalue weighted by Crippen LogP contribution is 2.66. The van der Waals surface area contributed by atoms with E-state index in [2.05, 4.69) is 5.32 Å². The molecule has 3 aliphatic carbocycles. The highest BCUT2D eigenvalue weighted by Gasteiger charge is 2.65. The lowest BCUT2D eigenvalue weighted by molar-refractivity contribution is 0.0992. The first-order valence-corrected chi connectivity index (χ1v) is 8.73. The molecule has 3 saturated carbocycles. The maximum Gasteiger partial charge on any atom is 0.176 e. The molecule has 4 nitrogen and oxygen atoms in total. The third-order valence-corrected chi connectivity index (χ3v) is 6.87. The summed E-state index contributed by atoms with van der Waals surface area (Å²) in [5.74, 6) is 4.31. The Balaban J connectivity index is 1.57. The van der Waals surface area contributed by atoms with Crippen molar-refractivity contribution in [1.29, 1.82) is 0 Å². The molecule has 4 unspecified atom stereocenters. The molecule has 0 amide bonds. The molecule has 3 aliphatic rings. The summed E-state index contributed by atoms with van der Waals surface area (Å²) in [6.45, 7) is 1.87. The van der Waals surface area contributed by atoms with Gasteiger partial charge in [0.1, 0.15) is 5.00 Å². The Morgan fingerprint density at radius 3 is 2.62 bits per heavy atom. The summed E-state index contributed by atoms with van der Waals surface area (Å²) in [5, 5.41) is 4.59. The molecule has 1 aromatic heterocycles. The molecule has 0 aromatic carbocycles. The zero-order chi connectivity index (χ0) is 14.7. The predicted octanol–water partition coefficient (Wildman–Crippen LogP) is 3.39. The SMILES string of the molecule is CCC(=O)c1sc(NC2C3C4CCC(C4)C23)c(OC)c1N. The van der Waals surface area contributed by atoms with Gasteiger partial charge in [-0.05, 0) is 42.9 Å². The topological polar surface area (TPSA) is 64.3 Å². The van der Waals surface area contributed by atoms with Gasteiger partial charge in [-0.25, -0.2) is 0 Å². The van der Waals surface area contributed by atoms with Gasteiger partial charge < -0.3 is 15.8 Å². The van der Waals surface area contributed by atoms with E-state index in [1.807, 2.05) is 6.92 Å². The van der Waals surface area contributed by atoms with Gasteiger partial charge >= 0.3 is 0 Å². The largest absolute Gasteiger partial charge is 0.492 e. The predicted molar refractivity (Wildman–Crippen MR) is 85.1 cm³/mol. The standard InChI is InChI=1S/C16H22N2O2S/c1-3-9(19)15-12(17)14(20-2)16(21-15)18-13-10-7-4-5-8(6-7)11(10)13/h7-8,10-11,13,18H,3-6,17H2,1-2H3. The number of fused-ring (bicyclic) bond motifs is 5. The van der Waals surface area contributed by atoms with Crippen LogP contribution in [-0.2, 0) is 0 Å². The number of carbonyl (C=O) groups is 1. The number of rotatable bonds is 5.